The van der Waals surface area contributed by atoms with Gasteiger partial charge in [0.1, 0.15) is 0 Å². The Morgan fingerprint density at radius 3 is 2.11 bits per heavy atom. The maximum absolute atomic E-state index is 3.98. The van der Waals surface area contributed by atoms with Crippen molar-refractivity contribution in [2.45, 2.75) is 33.1 Å². The highest BCUT2D eigenvalue weighted by Gasteiger charge is 2.48. The Bertz CT molecular complexity index is 894. The fourth-order valence-corrected chi connectivity index (χ4v) is 4.22. The lowest BCUT2D eigenvalue weighted by molar-refractivity contribution is 0.762. The zero-order chi connectivity index (χ0) is 19.9. The van der Waals surface area contributed by atoms with Gasteiger partial charge in [0, 0.05) is 0 Å². The first-order chi connectivity index (χ1) is 13.2. The number of hydrogen-bond acceptors (Lipinski definition) is 0. The molecule has 1 atom stereocenters. The summed E-state index contributed by atoms with van der Waals surface area (Å²) in [5.41, 5.74) is 7.15. The predicted molar refractivity (Wildman–Crippen MR) is 122 cm³/mol. The second kappa shape index (κ2) is 9.19. The molecule has 0 spiro atoms. The van der Waals surface area contributed by atoms with Gasteiger partial charge in [-0.3, -0.25) is 0 Å². The average molecular weight is 355 g/mol. The van der Waals surface area contributed by atoms with Gasteiger partial charge in [0.25, 0.3) is 0 Å². The van der Waals surface area contributed by atoms with Gasteiger partial charge in [0.2, 0.25) is 0 Å². The molecule has 0 amide bonds. The van der Waals surface area contributed by atoms with Gasteiger partial charge in [-0.15, -0.1) is 0 Å². The molecule has 0 saturated heterocycles. The summed E-state index contributed by atoms with van der Waals surface area (Å²) in [6.07, 6.45) is 21.1. The molecule has 0 nitrogen and oxygen atoms in total. The zero-order valence-electron chi connectivity index (χ0n) is 17.0. The van der Waals surface area contributed by atoms with Crippen molar-refractivity contribution < 1.29 is 0 Å². The van der Waals surface area contributed by atoms with Crippen LogP contribution in [0.1, 0.15) is 38.8 Å². The standard InChI is InChI=1S/C27H30/c1-7-15-21(11-5)27(22(16-8-2)17-9-3)25(12-6)23(18-10-4)24-19-13-14-20-26(24)27/h7-20H,2,4H2,1,3,5-6H3/b15-7-,17-9-,21-11+,22-16+,23-18-,25-12+. The van der Waals surface area contributed by atoms with Gasteiger partial charge in [-0.25, -0.2) is 0 Å². The monoisotopic (exact) mass is 354 g/mol. The number of rotatable bonds is 6. The molecular weight excluding hydrogens is 324 g/mol. The molecule has 0 bridgehead atoms. The van der Waals surface area contributed by atoms with E-state index in [0.717, 1.165) is 0 Å². The van der Waals surface area contributed by atoms with Crippen molar-refractivity contribution in [1.82, 2.24) is 0 Å². The third kappa shape index (κ3) is 3.28. The second-order valence-corrected chi connectivity index (χ2v) is 6.42. The van der Waals surface area contributed by atoms with Crippen molar-refractivity contribution in [3.63, 3.8) is 0 Å². The fraction of sp³-hybridized carbons (Fsp3) is 0.185. The first-order valence-corrected chi connectivity index (χ1v) is 9.52. The summed E-state index contributed by atoms with van der Waals surface area (Å²) in [5.74, 6) is 0. The highest BCUT2D eigenvalue weighted by Crippen LogP contribution is 2.58. The number of allylic oxidation sites excluding steroid dienone is 14. The number of benzene rings is 1. The Balaban J connectivity index is 3.12. The van der Waals surface area contributed by atoms with E-state index in [9.17, 15) is 0 Å². The lowest BCUT2D eigenvalue weighted by atomic mass is 9.66. The predicted octanol–water partition coefficient (Wildman–Crippen LogP) is 7.66. The van der Waals surface area contributed by atoms with Crippen LogP contribution in [-0.4, -0.2) is 0 Å². The van der Waals surface area contributed by atoms with E-state index in [1.807, 2.05) is 12.2 Å². The summed E-state index contributed by atoms with van der Waals surface area (Å²) in [5, 5.41) is 0. The van der Waals surface area contributed by atoms with Crippen molar-refractivity contribution in [1.29, 1.82) is 0 Å². The van der Waals surface area contributed by atoms with Crippen LogP contribution >= 0.6 is 0 Å². The van der Waals surface area contributed by atoms with E-state index >= 15 is 0 Å². The smallest absolute Gasteiger partial charge is 0.0706 e. The van der Waals surface area contributed by atoms with Crippen molar-refractivity contribution in [2.75, 3.05) is 0 Å². The van der Waals surface area contributed by atoms with Crippen molar-refractivity contribution in [2.24, 2.45) is 0 Å². The third-order valence-corrected chi connectivity index (χ3v) is 5.06. The molecule has 1 aliphatic rings. The number of fused-ring (bicyclic) bond motifs is 1. The molecule has 0 saturated carbocycles. The van der Waals surface area contributed by atoms with Crippen LogP contribution < -0.4 is 0 Å². The molecular formula is C27H30. The van der Waals surface area contributed by atoms with E-state index in [0.29, 0.717) is 0 Å². The van der Waals surface area contributed by atoms with Crippen LogP contribution in [0.25, 0.3) is 5.57 Å². The minimum atomic E-state index is -0.373. The minimum absolute atomic E-state index is 0.373. The summed E-state index contributed by atoms with van der Waals surface area (Å²) in [4.78, 5) is 0. The lowest BCUT2D eigenvalue weighted by Crippen LogP contribution is -2.29. The Morgan fingerprint density at radius 2 is 1.56 bits per heavy atom. The van der Waals surface area contributed by atoms with Gasteiger partial charge in [-0.05, 0) is 61.1 Å². The minimum Gasteiger partial charge on any atom is -0.0991 e. The highest BCUT2D eigenvalue weighted by atomic mass is 14.5. The first-order valence-electron chi connectivity index (χ1n) is 9.52. The molecule has 0 aliphatic heterocycles. The van der Waals surface area contributed by atoms with Gasteiger partial charge in [-0.2, -0.15) is 0 Å². The summed E-state index contributed by atoms with van der Waals surface area (Å²) in [6.45, 7) is 16.3. The third-order valence-electron chi connectivity index (χ3n) is 5.06. The van der Waals surface area contributed by atoms with Gasteiger partial charge < -0.3 is 0 Å². The topological polar surface area (TPSA) is 0 Å². The Morgan fingerprint density at radius 1 is 0.889 bits per heavy atom. The largest absolute Gasteiger partial charge is 0.0991 e. The molecule has 0 fully saturated rings. The van der Waals surface area contributed by atoms with E-state index in [4.69, 9.17) is 0 Å². The quantitative estimate of drug-likeness (QED) is 0.460. The normalized spacial score (nSPS) is 23.6. The zero-order valence-corrected chi connectivity index (χ0v) is 17.0. The van der Waals surface area contributed by atoms with Crippen molar-refractivity contribution in [3.05, 3.63) is 126 Å². The second-order valence-electron chi connectivity index (χ2n) is 6.42. The van der Waals surface area contributed by atoms with E-state index in [1.165, 1.54) is 33.4 Å². The lowest BCUT2D eigenvalue weighted by Gasteiger charge is -2.36. The maximum Gasteiger partial charge on any atom is 0.0706 e. The van der Waals surface area contributed by atoms with Gasteiger partial charge in [-0.1, -0.05) is 98.2 Å². The molecule has 1 unspecified atom stereocenters. The molecule has 0 aromatic heterocycles. The molecule has 1 aliphatic carbocycles. The molecule has 0 heterocycles. The van der Waals surface area contributed by atoms with Gasteiger partial charge in [0.15, 0.2) is 0 Å². The molecule has 2 rings (SSSR count). The van der Waals surface area contributed by atoms with E-state index < -0.39 is 0 Å². The molecule has 0 N–H and O–H groups in total. The summed E-state index contributed by atoms with van der Waals surface area (Å²) < 4.78 is 0. The van der Waals surface area contributed by atoms with Crippen LogP contribution in [0.15, 0.2) is 115 Å². The molecule has 1 aromatic rings. The van der Waals surface area contributed by atoms with Gasteiger partial charge in [0.05, 0.1) is 5.41 Å². The van der Waals surface area contributed by atoms with Crippen LogP contribution in [0.2, 0.25) is 0 Å². The Labute approximate surface area is 165 Å². The average Bonchev–Trinajstić information content (AvgIpc) is 2.96. The first kappa shape index (κ1) is 20.5. The van der Waals surface area contributed by atoms with Crippen LogP contribution in [0, 0.1) is 0 Å². The summed E-state index contributed by atoms with van der Waals surface area (Å²) >= 11 is 0. The number of hydrogen-bond donors (Lipinski definition) is 0. The van der Waals surface area contributed by atoms with Gasteiger partial charge >= 0.3 is 0 Å². The molecule has 138 valence electrons. The van der Waals surface area contributed by atoms with Crippen LogP contribution in [0.3, 0.4) is 0 Å². The molecule has 27 heavy (non-hydrogen) atoms. The fourth-order valence-electron chi connectivity index (χ4n) is 4.22. The molecule has 0 radical (unpaired) electrons. The van der Waals surface area contributed by atoms with Crippen LogP contribution in [-0.2, 0) is 5.41 Å². The van der Waals surface area contributed by atoms with E-state index in [1.54, 1.807) is 0 Å². The van der Waals surface area contributed by atoms with Crippen molar-refractivity contribution >= 4 is 5.57 Å². The van der Waals surface area contributed by atoms with Crippen LogP contribution in [0.4, 0.5) is 0 Å². The van der Waals surface area contributed by atoms with Crippen LogP contribution in [0.5, 0.6) is 0 Å². The Kier molecular flexibility index (Phi) is 6.96. The van der Waals surface area contributed by atoms with E-state index in [-0.39, 0.29) is 5.41 Å². The SMILES string of the molecule is C=C/C=C1\C(=C/C)C(C(/C=C\C)=C/C)(C(/C=C\C)=C/C=C)c2ccccc21. The summed E-state index contributed by atoms with van der Waals surface area (Å²) in [6, 6.07) is 8.69. The molecule has 1 aromatic carbocycles. The molecule has 0 heteroatoms. The summed E-state index contributed by atoms with van der Waals surface area (Å²) in [7, 11) is 0. The maximum atomic E-state index is 3.98. The van der Waals surface area contributed by atoms with Crippen molar-refractivity contribution in [3.8, 4) is 0 Å². The van der Waals surface area contributed by atoms with E-state index in [2.05, 4.69) is 114 Å². The Hall–Kier alpha value is -2.86. The highest BCUT2D eigenvalue weighted by molar-refractivity contribution is 5.95.